The zero-order valence-corrected chi connectivity index (χ0v) is 11.9. The van der Waals surface area contributed by atoms with Crippen LogP contribution in [0.5, 0.6) is 0 Å². The summed E-state index contributed by atoms with van der Waals surface area (Å²) in [5.74, 6) is -0.0536. The van der Waals surface area contributed by atoms with Gasteiger partial charge in [-0.05, 0) is 31.4 Å². The van der Waals surface area contributed by atoms with Gasteiger partial charge in [-0.1, -0.05) is 26.2 Å². The van der Waals surface area contributed by atoms with Crippen molar-refractivity contribution in [1.29, 1.82) is 0 Å². The molecule has 1 saturated carbocycles. The molecule has 110 valence electrons. The number of carbonyl (C=O) groups is 1. The van der Waals surface area contributed by atoms with Crippen molar-refractivity contribution in [2.45, 2.75) is 51.5 Å². The minimum Gasteiger partial charge on any atom is -0.465 e. The van der Waals surface area contributed by atoms with Crippen LogP contribution in [-0.4, -0.2) is 24.6 Å². The Kier molecular flexibility index (Phi) is 5.65. The molecule has 0 atom stereocenters. The van der Waals surface area contributed by atoms with Crippen molar-refractivity contribution in [3.05, 3.63) is 24.2 Å². The van der Waals surface area contributed by atoms with E-state index in [-0.39, 0.29) is 17.7 Å². The van der Waals surface area contributed by atoms with E-state index in [2.05, 4.69) is 10.3 Å². The minimum atomic E-state index is -0.319. The summed E-state index contributed by atoms with van der Waals surface area (Å²) in [4.78, 5) is 16.5. The van der Waals surface area contributed by atoms with Crippen LogP contribution in [0.3, 0.4) is 0 Å². The van der Waals surface area contributed by atoms with Gasteiger partial charge >= 0.3 is 0 Å². The average molecular weight is 278 g/mol. The lowest BCUT2D eigenvalue weighted by atomic mass is 9.96. The Labute approximate surface area is 119 Å². The number of aliphatic imine (C=N–C) groups is 1. The van der Waals surface area contributed by atoms with Crippen molar-refractivity contribution < 1.29 is 13.9 Å². The largest absolute Gasteiger partial charge is 0.465 e. The number of ether oxygens (including phenoxy) is 1. The molecule has 0 aromatic carbocycles. The summed E-state index contributed by atoms with van der Waals surface area (Å²) >= 11 is 0. The van der Waals surface area contributed by atoms with E-state index in [4.69, 9.17) is 9.15 Å². The van der Waals surface area contributed by atoms with E-state index in [1.54, 1.807) is 12.1 Å². The quantitative estimate of drug-likeness (QED) is 0.680. The van der Waals surface area contributed by atoms with Crippen LogP contribution in [0.4, 0.5) is 0 Å². The molecular formula is C15H22N2O3. The van der Waals surface area contributed by atoms with Crippen LogP contribution in [0.15, 0.2) is 27.8 Å². The predicted octanol–water partition coefficient (Wildman–Crippen LogP) is 3.12. The van der Waals surface area contributed by atoms with Crippen LogP contribution < -0.4 is 5.32 Å². The van der Waals surface area contributed by atoms with Crippen LogP contribution >= 0.6 is 0 Å². The lowest BCUT2D eigenvalue weighted by Crippen LogP contribution is -2.34. The monoisotopic (exact) mass is 278 g/mol. The van der Waals surface area contributed by atoms with Crippen molar-refractivity contribution in [2.24, 2.45) is 4.99 Å². The van der Waals surface area contributed by atoms with Crippen molar-refractivity contribution in [1.82, 2.24) is 5.32 Å². The number of amidine groups is 1. The summed E-state index contributed by atoms with van der Waals surface area (Å²) in [6, 6.07) is 3.88. The van der Waals surface area contributed by atoms with E-state index < -0.39 is 0 Å². The Morgan fingerprint density at radius 2 is 2.25 bits per heavy atom. The van der Waals surface area contributed by atoms with Gasteiger partial charge in [0.05, 0.1) is 18.9 Å². The Balaban J connectivity index is 1.98. The third kappa shape index (κ3) is 4.40. The van der Waals surface area contributed by atoms with E-state index in [1.165, 1.54) is 25.5 Å². The first kappa shape index (κ1) is 14.6. The molecule has 0 radical (unpaired) electrons. The van der Waals surface area contributed by atoms with Gasteiger partial charge in [0.2, 0.25) is 0 Å². The molecule has 1 aliphatic rings. The average Bonchev–Trinajstić information content (AvgIpc) is 3.00. The van der Waals surface area contributed by atoms with Gasteiger partial charge in [0.15, 0.2) is 5.76 Å². The number of amides is 1. The van der Waals surface area contributed by atoms with E-state index in [0.29, 0.717) is 12.6 Å². The molecular weight excluding hydrogens is 256 g/mol. The van der Waals surface area contributed by atoms with Crippen LogP contribution in [0.1, 0.15) is 56.0 Å². The predicted molar refractivity (Wildman–Crippen MR) is 76.7 cm³/mol. The third-order valence-electron chi connectivity index (χ3n) is 3.28. The van der Waals surface area contributed by atoms with E-state index in [0.717, 1.165) is 19.3 Å². The highest BCUT2D eigenvalue weighted by molar-refractivity contribution is 6.02. The second-order valence-electron chi connectivity index (χ2n) is 5.01. The van der Waals surface area contributed by atoms with Gasteiger partial charge < -0.3 is 9.15 Å². The molecule has 2 rings (SSSR count). The van der Waals surface area contributed by atoms with Crippen LogP contribution in [0.2, 0.25) is 0 Å². The van der Waals surface area contributed by atoms with Gasteiger partial charge in [-0.2, -0.15) is 0 Å². The number of rotatable bonds is 4. The van der Waals surface area contributed by atoms with E-state index >= 15 is 0 Å². The molecule has 5 nitrogen and oxygen atoms in total. The lowest BCUT2D eigenvalue weighted by molar-refractivity contribution is 0.0937. The van der Waals surface area contributed by atoms with Crippen LogP contribution in [0, 0.1) is 0 Å². The smallest absolute Gasteiger partial charge is 0.294 e. The highest BCUT2D eigenvalue weighted by atomic mass is 16.5. The molecule has 20 heavy (non-hydrogen) atoms. The Morgan fingerprint density at radius 3 is 2.90 bits per heavy atom. The molecule has 1 heterocycles. The summed E-state index contributed by atoms with van der Waals surface area (Å²) in [7, 11) is 0. The molecule has 5 heteroatoms. The molecule has 1 aromatic heterocycles. The Morgan fingerprint density at radius 1 is 1.45 bits per heavy atom. The van der Waals surface area contributed by atoms with Crippen molar-refractivity contribution in [3.63, 3.8) is 0 Å². The lowest BCUT2D eigenvalue weighted by Gasteiger charge is -2.19. The first-order valence-electron chi connectivity index (χ1n) is 7.35. The molecule has 0 unspecified atom stereocenters. The summed E-state index contributed by atoms with van der Waals surface area (Å²) in [5.41, 5.74) is 0. The maximum atomic E-state index is 12.0. The van der Waals surface area contributed by atoms with E-state index in [1.807, 2.05) is 6.92 Å². The molecule has 1 amide bonds. The molecule has 1 N–H and O–H groups in total. The first-order valence-corrected chi connectivity index (χ1v) is 7.35. The second-order valence-corrected chi connectivity index (χ2v) is 5.01. The molecule has 1 aliphatic carbocycles. The van der Waals surface area contributed by atoms with E-state index in [9.17, 15) is 4.79 Å². The number of carbonyl (C=O) groups excluding carboxylic acids is 1. The normalized spacial score (nSPS) is 16.9. The second kappa shape index (κ2) is 7.72. The fraction of sp³-hybridized carbons (Fsp3) is 0.600. The molecule has 0 saturated heterocycles. The fourth-order valence-electron chi connectivity index (χ4n) is 2.25. The highest BCUT2D eigenvalue weighted by Crippen LogP contribution is 2.20. The van der Waals surface area contributed by atoms with Gasteiger partial charge in [-0.3, -0.25) is 10.1 Å². The fourth-order valence-corrected chi connectivity index (χ4v) is 2.25. The van der Waals surface area contributed by atoms with Crippen molar-refractivity contribution in [2.75, 3.05) is 6.61 Å². The number of hydrogen-bond donors (Lipinski definition) is 1. The van der Waals surface area contributed by atoms with Crippen molar-refractivity contribution >= 4 is 11.9 Å². The van der Waals surface area contributed by atoms with Gasteiger partial charge in [0.1, 0.15) is 0 Å². The first-order chi connectivity index (χ1) is 9.79. The summed E-state index contributed by atoms with van der Waals surface area (Å²) in [6.07, 6.45) is 8.14. The summed E-state index contributed by atoms with van der Waals surface area (Å²) in [5, 5.41) is 2.70. The molecule has 0 aliphatic heterocycles. The Bertz CT molecular complexity index is 434. The van der Waals surface area contributed by atoms with Gasteiger partial charge in [-0.25, -0.2) is 4.99 Å². The number of nitrogens with zero attached hydrogens (tertiary/aromatic N) is 1. The summed E-state index contributed by atoms with van der Waals surface area (Å²) < 4.78 is 10.6. The van der Waals surface area contributed by atoms with Crippen LogP contribution in [-0.2, 0) is 4.74 Å². The topological polar surface area (TPSA) is 63.8 Å². The maximum Gasteiger partial charge on any atom is 0.294 e. The van der Waals surface area contributed by atoms with Crippen LogP contribution in [0.25, 0.3) is 0 Å². The van der Waals surface area contributed by atoms with Gasteiger partial charge in [0, 0.05) is 0 Å². The third-order valence-corrected chi connectivity index (χ3v) is 3.28. The molecule has 0 bridgehead atoms. The van der Waals surface area contributed by atoms with Gasteiger partial charge in [-0.15, -0.1) is 0 Å². The maximum absolute atomic E-state index is 12.0. The molecule has 1 aromatic rings. The van der Waals surface area contributed by atoms with Crippen molar-refractivity contribution in [3.8, 4) is 0 Å². The number of hydrogen-bond acceptors (Lipinski definition) is 4. The zero-order chi connectivity index (χ0) is 14.2. The number of nitrogens with one attached hydrogen (secondary N) is 1. The zero-order valence-electron chi connectivity index (χ0n) is 11.9. The molecule has 0 spiro atoms. The number of furan rings is 1. The standard InChI is InChI=1S/C15H22N2O3/c1-2-10-20-15(16-12-7-4-3-5-8-12)17-14(18)13-9-6-11-19-13/h6,9,11-12H,2-5,7-8,10H2,1H3,(H,16,17,18). The Hall–Kier alpha value is -1.78. The molecule has 1 fully saturated rings. The van der Waals surface area contributed by atoms with Gasteiger partial charge in [0.25, 0.3) is 11.9 Å². The summed E-state index contributed by atoms with van der Waals surface area (Å²) in [6.45, 7) is 2.57. The highest BCUT2D eigenvalue weighted by Gasteiger charge is 2.17. The minimum absolute atomic E-state index is 0.257. The SMILES string of the molecule is CCCOC(=NC1CCCCC1)NC(=O)c1ccco1.